The first-order chi connectivity index (χ1) is 8.70. The van der Waals surface area contributed by atoms with Gasteiger partial charge in [-0.05, 0) is 32.1 Å². The lowest BCUT2D eigenvalue weighted by molar-refractivity contribution is -0.146. The van der Waals surface area contributed by atoms with E-state index in [9.17, 15) is 9.59 Å². The molecule has 0 aliphatic carbocycles. The van der Waals surface area contributed by atoms with Crippen molar-refractivity contribution in [1.29, 1.82) is 0 Å². The van der Waals surface area contributed by atoms with Crippen molar-refractivity contribution in [1.82, 2.24) is 0 Å². The largest absolute Gasteiger partial charge is 0.466 e. The zero-order chi connectivity index (χ0) is 13.6. The molecule has 0 saturated heterocycles. The van der Waals surface area contributed by atoms with Crippen LogP contribution < -0.4 is 0 Å². The predicted molar refractivity (Wildman–Crippen MR) is 70.1 cm³/mol. The fourth-order valence-corrected chi connectivity index (χ4v) is 1.31. The molecule has 0 aliphatic rings. The van der Waals surface area contributed by atoms with Gasteiger partial charge in [-0.3, -0.25) is 9.59 Å². The molecule has 0 radical (unpaired) electrons. The van der Waals surface area contributed by atoms with Gasteiger partial charge in [0.1, 0.15) is 0 Å². The van der Waals surface area contributed by atoms with Crippen LogP contribution in [-0.2, 0) is 19.1 Å². The molecule has 0 N–H and O–H groups in total. The smallest absolute Gasteiger partial charge is 0.305 e. The maximum atomic E-state index is 11.3. The SMILES string of the molecule is C=CCCCOC(=O)CCCCC(=O)OCCC. The predicted octanol–water partition coefficient (Wildman–Crippen LogP) is 3.01. The Morgan fingerprint density at radius 2 is 1.56 bits per heavy atom. The topological polar surface area (TPSA) is 52.6 Å². The van der Waals surface area contributed by atoms with Crippen molar-refractivity contribution in [3.05, 3.63) is 12.7 Å². The van der Waals surface area contributed by atoms with Crippen molar-refractivity contribution in [2.24, 2.45) is 0 Å². The fraction of sp³-hybridized carbons (Fsp3) is 0.714. The average Bonchev–Trinajstić information content (AvgIpc) is 2.37. The van der Waals surface area contributed by atoms with E-state index in [4.69, 9.17) is 9.47 Å². The van der Waals surface area contributed by atoms with E-state index in [1.165, 1.54) is 0 Å². The molecule has 0 aromatic rings. The summed E-state index contributed by atoms with van der Waals surface area (Å²) in [5.74, 6) is -0.378. The molecule has 0 heterocycles. The van der Waals surface area contributed by atoms with Gasteiger partial charge in [-0.15, -0.1) is 6.58 Å². The third-order valence-corrected chi connectivity index (χ3v) is 2.29. The Kier molecular flexibility index (Phi) is 11.3. The van der Waals surface area contributed by atoms with Gasteiger partial charge in [0.15, 0.2) is 0 Å². The summed E-state index contributed by atoms with van der Waals surface area (Å²) in [6.45, 7) is 6.47. The normalized spacial score (nSPS) is 9.83. The standard InChI is InChI=1S/C14H24O4/c1-3-5-8-12-18-14(16)10-7-6-9-13(15)17-11-4-2/h3H,1,4-12H2,2H3. The van der Waals surface area contributed by atoms with Crippen molar-refractivity contribution in [3.63, 3.8) is 0 Å². The summed E-state index contributed by atoms with van der Waals surface area (Å²) >= 11 is 0. The van der Waals surface area contributed by atoms with E-state index in [2.05, 4.69) is 6.58 Å². The van der Waals surface area contributed by atoms with Crippen molar-refractivity contribution in [3.8, 4) is 0 Å². The van der Waals surface area contributed by atoms with Crippen LogP contribution >= 0.6 is 0 Å². The second-order valence-electron chi connectivity index (χ2n) is 4.08. The first kappa shape index (κ1) is 16.7. The summed E-state index contributed by atoms with van der Waals surface area (Å²) in [5.41, 5.74) is 0. The van der Waals surface area contributed by atoms with Gasteiger partial charge < -0.3 is 9.47 Å². The molecule has 0 aromatic heterocycles. The number of carbonyl (C=O) groups is 2. The molecule has 0 amide bonds. The summed E-state index contributed by atoms with van der Waals surface area (Å²) in [5, 5.41) is 0. The minimum absolute atomic E-state index is 0.184. The van der Waals surface area contributed by atoms with Crippen molar-refractivity contribution < 1.29 is 19.1 Å². The van der Waals surface area contributed by atoms with Crippen molar-refractivity contribution in [2.75, 3.05) is 13.2 Å². The van der Waals surface area contributed by atoms with Crippen LogP contribution in [0.1, 0.15) is 51.9 Å². The van der Waals surface area contributed by atoms with E-state index < -0.39 is 0 Å². The molecule has 0 saturated carbocycles. The van der Waals surface area contributed by atoms with Crippen LogP contribution in [0.3, 0.4) is 0 Å². The molecule has 0 bridgehead atoms. The fourth-order valence-electron chi connectivity index (χ4n) is 1.31. The van der Waals surface area contributed by atoms with Crippen LogP contribution in [0.2, 0.25) is 0 Å². The summed E-state index contributed by atoms with van der Waals surface area (Å²) in [6.07, 6.45) is 6.40. The zero-order valence-electron chi connectivity index (χ0n) is 11.3. The van der Waals surface area contributed by atoms with Crippen molar-refractivity contribution >= 4 is 11.9 Å². The Bertz CT molecular complexity index is 248. The Morgan fingerprint density at radius 3 is 2.06 bits per heavy atom. The highest BCUT2D eigenvalue weighted by Crippen LogP contribution is 2.03. The molecule has 0 spiro atoms. The number of ether oxygens (including phenoxy) is 2. The zero-order valence-corrected chi connectivity index (χ0v) is 11.3. The number of hydrogen-bond acceptors (Lipinski definition) is 4. The van der Waals surface area contributed by atoms with Gasteiger partial charge in [0, 0.05) is 12.8 Å². The van der Waals surface area contributed by atoms with Crippen LogP contribution in [0.4, 0.5) is 0 Å². The lowest BCUT2D eigenvalue weighted by atomic mass is 10.2. The number of unbranched alkanes of at least 4 members (excludes halogenated alkanes) is 2. The van der Waals surface area contributed by atoms with E-state index >= 15 is 0 Å². The lowest BCUT2D eigenvalue weighted by Crippen LogP contribution is -2.07. The molecule has 0 atom stereocenters. The molecule has 0 fully saturated rings. The van der Waals surface area contributed by atoms with Crippen molar-refractivity contribution in [2.45, 2.75) is 51.9 Å². The Labute approximate surface area is 109 Å². The molecule has 18 heavy (non-hydrogen) atoms. The van der Waals surface area contributed by atoms with Gasteiger partial charge in [-0.25, -0.2) is 0 Å². The van der Waals surface area contributed by atoms with E-state index in [0.717, 1.165) is 19.3 Å². The molecule has 0 aromatic carbocycles. The maximum absolute atomic E-state index is 11.3. The van der Waals surface area contributed by atoms with Gasteiger partial charge >= 0.3 is 11.9 Å². The minimum Gasteiger partial charge on any atom is -0.466 e. The number of allylic oxidation sites excluding steroid dienone is 1. The summed E-state index contributed by atoms with van der Waals surface area (Å²) in [6, 6.07) is 0. The van der Waals surface area contributed by atoms with E-state index in [0.29, 0.717) is 38.9 Å². The quantitative estimate of drug-likeness (QED) is 0.324. The van der Waals surface area contributed by atoms with Gasteiger partial charge in [0.2, 0.25) is 0 Å². The summed E-state index contributed by atoms with van der Waals surface area (Å²) < 4.78 is 9.94. The molecule has 0 rings (SSSR count). The second kappa shape index (κ2) is 12.1. The Morgan fingerprint density at radius 1 is 1.00 bits per heavy atom. The molecule has 0 unspecified atom stereocenters. The molecule has 104 valence electrons. The molecule has 4 heteroatoms. The van der Waals surface area contributed by atoms with Gasteiger partial charge in [0.05, 0.1) is 13.2 Å². The van der Waals surface area contributed by atoms with Crippen LogP contribution in [0.5, 0.6) is 0 Å². The first-order valence-electron chi connectivity index (χ1n) is 6.62. The lowest BCUT2D eigenvalue weighted by Gasteiger charge is -2.04. The summed E-state index contributed by atoms with van der Waals surface area (Å²) in [7, 11) is 0. The first-order valence-corrected chi connectivity index (χ1v) is 6.62. The molecular weight excluding hydrogens is 232 g/mol. The highest BCUT2D eigenvalue weighted by molar-refractivity contribution is 5.70. The highest BCUT2D eigenvalue weighted by Gasteiger charge is 2.05. The molecule has 0 aliphatic heterocycles. The number of hydrogen-bond donors (Lipinski definition) is 0. The highest BCUT2D eigenvalue weighted by atomic mass is 16.5. The summed E-state index contributed by atoms with van der Waals surface area (Å²) in [4.78, 5) is 22.4. The average molecular weight is 256 g/mol. The monoisotopic (exact) mass is 256 g/mol. The number of carbonyl (C=O) groups excluding carboxylic acids is 2. The minimum atomic E-state index is -0.194. The van der Waals surface area contributed by atoms with E-state index in [-0.39, 0.29) is 11.9 Å². The number of esters is 2. The van der Waals surface area contributed by atoms with Crippen LogP contribution in [0.15, 0.2) is 12.7 Å². The second-order valence-corrected chi connectivity index (χ2v) is 4.08. The third kappa shape index (κ3) is 11.2. The Balaban J connectivity index is 3.34. The van der Waals surface area contributed by atoms with Gasteiger partial charge in [-0.1, -0.05) is 13.0 Å². The third-order valence-electron chi connectivity index (χ3n) is 2.29. The van der Waals surface area contributed by atoms with Gasteiger partial charge in [0.25, 0.3) is 0 Å². The maximum Gasteiger partial charge on any atom is 0.305 e. The van der Waals surface area contributed by atoms with Crippen LogP contribution in [0.25, 0.3) is 0 Å². The number of rotatable bonds is 11. The molecule has 4 nitrogen and oxygen atoms in total. The van der Waals surface area contributed by atoms with Gasteiger partial charge in [-0.2, -0.15) is 0 Å². The van der Waals surface area contributed by atoms with E-state index in [1.807, 2.05) is 6.92 Å². The Hall–Kier alpha value is -1.32. The van der Waals surface area contributed by atoms with E-state index in [1.54, 1.807) is 6.08 Å². The van der Waals surface area contributed by atoms with Crippen LogP contribution in [-0.4, -0.2) is 25.2 Å². The van der Waals surface area contributed by atoms with Crippen LogP contribution in [0, 0.1) is 0 Å². The molecular formula is C14H24O4.